The van der Waals surface area contributed by atoms with Crippen LogP contribution in [0.1, 0.15) is 43.5 Å². The van der Waals surface area contributed by atoms with Gasteiger partial charge in [0.1, 0.15) is 5.78 Å². The third-order valence-electron chi connectivity index (χ3n) is 2.79. The fourth-order valence-electron chi connectivity index (χ4n) is 1.77. The van der Waals surface area contributed by atoms with Gasteiger partial charge in [0.05, 0.1) is 6.42 Å². The molecule has 0 radical (unpaired) electrons. The molecule has 0 aliphatic carbocycles. The van der Waals surface area contributed by atoms with E-state index in [1.807, 2.05) is 25.1 Å². The average Bonchev–Trinajstić information content (AvgIpc) is 2.37. The molecule has 4 nitrogen and oxygen atoms in total. The van der Waals surface area contributed by atoms with Crippen LogP contribution in [0.5, 0.6) is 0 Å². The first kappa shape index (κ1) is 15.1. The van der Waals surface area contributed by atoms with Gasteiger partial charge in [0.25, 0.3) is 0 Å². The van der Waals surface area contributed by atoms with E-state index in [1.54, 1.807) is 12.1 Å². The molecular formula is C15H19NO3. The number of ketones is 2. The Hall–Kier alpha value is -1.97. The maximum atomic E-state index is 12.0. The SMILES string of the molecule is CCC(CC(=O)c1ccccc1)NC(=O)CC(C)=O. The highest BCUT2D eigenvalue weighted by Gasteiger charge is 2.16. The quantitative estimate of drug-likeness (QED) is 0.604. The zero-order valence-corrected chi connectivity index (χ0v) is 11.3. The van der Waals surface area contributed by atoms with Crippen LogP contribution in [0.25, 0.3) is 0 Å². The minimum Gasteiger partial charge on any atom is -0.353 e. The summed E-state index contributed by atoms with van der Waals surface area (Å²) in [7, 11) is 0. The molecule has 0 aliphatic heterocycles. The van der Waals surface area contributed by atoms with E-state index in [-0.39, 0.29) is 36.4 Å². The van der Waals surface area contributed by atoms with Crippen molar-refractivity contribution >= 4 is 17.5 Å². The van der Waals surface area contributed by atoms with Crippen molar-refractivity contribution in [2.24, 2.45) is 0 Å². The monoisotopic (exact) mass is 261 g/mol. The lowest BCUT2D eigenvalue weighted by molar-refractivity contribution is -0.127. The molecule has 4 heteroatoms. The lowest BCUT2D eigenvalue weighted by Gasteiger charge is -2.15. The molecule has 0 aromatic heterocycles. The van der Waals surface area contributed by atoms with Crippen LogP contribution in [0.2, 0.25) is 0 Å². The summed E-state index contributed by atoms with van der Waals surface area (Å²) in [6.07, 6.45) is 0.780. The Balaban J connectivity index is 2.55. The lowest BCUT2D eigenvalue weighted by atomic mass is 10.0. The summed E-state index contributed by atoms with van der Waals surface area (Å²) in [5.41, 5.74) is 0.641. The van der Waals surface area contributed by atoms with Crippen LogP contribution in [0, 0.1) is 0 Å². The average molecular weight is 261 g/mol. The van der Waals surface area contributed by atoms with Crippen molar-refractivity contribution in [3.63, 3.8) is 0 Å². The van der Waals surface area contributed by atoms with Crippen LogP contribution in [0.4, 0.5) is 0 Å². The summed E-state index contributed by atoms with van der Waals surface area (Å²) >= 11 is 0. The van der Waals surface area contributed by atoms with Crippen LogP contribution >= 0.6 is 0 Å². The first-order chi connectivity index (χ1) is 9.02. The van der Waals surface area contributed by atoms with Crippen LogP contribution < -0.4 is 5.32 Å². The van der Waals surface area contributed by atoms with Crippen LogP contribution in [-0.2, 0) is 9.59 Å². The zero-order valence-electron chi connectivity index (χ0n) is 11.3. The molecule has 0 spiro atoms. The van der Waals surface area contributed by atoms with Gasteiger partial charge >= 0.3 is 0 Å². The number of nitrogens with one attached hydrogen (secondary N) is 1. The largest absolute Gasteiger partial charge is 0.353 e. The van der Waals surface area contributed by atoms with E-state index in [0.29, 0.717) is 12.0 Å². The van der Waals surface area contributed by atoms with E-state index in [9.17, 15) is 14.4 Å². The molecule has 1 amide bonds. The predicted molar refractivity (Wildman–Crippen MR) is 72.9 cm³/mol. The molecule has 19 heavy (non-hydrogen) atoms. The number of benzene rings is 1. The van der Waals surface area contributed by atoms with E-state index in [2.05, 4.69) is 5.32 Å². The molecule has 102 valence electrons. The number of rotatable bonds is 7. The van der Waals surface area contributed by atoms with Gasteiger partial charge in [-0.3, -0.25) is 14.4 Å². The molecule has 0 fully saturated rings. The second-order valence-corrected chi connectivity index (χ2v) is 4.54. The normalized spacial score (nSPS) is 11.7. The Bertz CT molecular complexity index is 454. The smallest absolute Gasteiger partial charge is 0.227 e. The fourth-order valence-corrected chi connectivity index (χ4v) is 1.77. The van der Waals surface area contributed by atoms with E-state index < -0.39 is 0 Å². The van der Waals surface area contributed by atoms with Gasteiger partial charge in [-0.25, -0.2) is 0 Å². The molecule has 0 saturated heterocycles. The molecule has 1 aromatic rings. The van der Waals surface area contributed by atoms with Gasteiger partial charge in [-0.2, -0.15) is 0 Å². The number of carbonyl (C=O) groups excluding carboxylic acids is 3. The molecule has 1 rings (SSSR count). The first-order valence-corrected chi connectivity index (χ1v) is 6.40. The van der Waals surface area contributed by atoms with E-state index >= 15 is 0 Å². The van der Waals surface area contributed by atoms with Gasteiger partial charge in [-0.15, -0.1) is 0 Å². The fraction of sp³-hybridized carbons (Fsp3) is 0.400. The van der Waals surface area contributed by atoms with Crippen molar-refractivity contribution in [3.8, 4) is 0 Å². The van der Waals surface area contributed by atoms with Crippen molar-refractivity contribution in [2.45, 2.75) is 39.2 Å². The van der Waals surface area contributed by atoms with E-state index in [0.717, 1.165) is 0 Å². The molecule has 1 aromatic carbocycles. The Morgan fingerprint density at radius 1 is 1.16 bits per heavy atom. The summed E-state index contributed by atoms with van der Waals surface area (Å²) in [6, 6.07) is 8.76. The Morgan fingerprint density at radius 3 is 2.32 bits per heavy atom. The molecular weight excluding hydrogens is 242 g/mol. The van der Waals surface area contributed by atoms with Crippen molar-refractivity contribution in [1.82, 2.24) is 5.32 Å². The van der Waals surface area contributed by atoms with Crippen molar-refractivity contribution in [2.75, 3.05) is 0 Å². The lowest BCUT2D eigenvalue weighted by Crippen LogP contribution is -2.36. The Kier molecular flexibility index (Phi) is 5.93. The molecule has 1 unspecified atom stereocenters. The summed E-state index contributed by atoms with van der Waals surface area (Å²) in [5, 5.41) is 2.72. The molecule has 0 saturated carbocycles. The van der Waals surface area contributed by atoms with Crippen molar-refractivity contribution in [1.29, 1.82) is 0 Å². The molecule has 1 atom stereocenters. The van der Waals surface area contributed by atoms with Gasteiger partial charge in [-0.05, 0) is 13.3 Å². The number of Topliss-reactive ketones (excluding diaryl/α,β-unsaturated/α-hetero) is 2. The summed E-state index contributed by atoms with van der Waals surface area (Å²) in [4.78, 5) is 34.3. The molecule has 1 N–H and O–H groups in total. The van der Waals surface area contributed by atoms with Gasteiger partial charge in [0, 0.05) is 18.0 Å². The van der Waals surface area contributed by atoms with Gasteiger partial charge in [-0.1, -0.05) is 37.3 Å². The number of hydrogen-bond donors (Lipinski definition) is 1. The summed E-state index contributed by atoms with van der Waals surface area (Å²) in [5.74, 6) is -0.502. The first-order valence-electron chi connectivity index (χ1n) is 6.40. The summed E-state index contributed by atoms with van der Waals surface area (Å²) in [6.45, 7) is 3.27. The number of amides is 1. The third kappa shape index (κ3) is 5.46. The maximum Gasteiger partial charge on any atom is 0.227 e. The second-order valence-electron chi connectivity index (χ2n) is 4.54. The minimum absolute atomic E-state index is 0.00410. The van der Waals surface area contributed by atoms with Crippen LogP contribution in [-0.4, -0.2) is 23.5 Å². The molecule has 0 heterocycles. The third-order valence-corrected chi connectivity index (χ3v) is 2.79. The predicted octanol–water partition coefficient (Wildman–Crippen LogP) is 2.13. The number of hydrogen-bond acceptors (Lipinski definition) is 3. The summed E-state index contributed by atoms with van der Waals surface area (Å²) < 4.78 is 0. The van der Waals surface area contributed by atoms with Crippen LogP contribution in [0.15, 0.2) is 30.3 Å². The highest BCUT2D eigenvalue weighted by molar-refractivity contribution is 5.98. The highest BCUT2D eigenvalue weighted by atomic mass is 16.2. The van der Waals surface area contributed by atoms with Gasteiger partial charge in [0.2, 0.25) is 5.91 Å². The zero-order chi connectivity index (χ0) is 14.3. The topological polar surface area (TPSA) is 63.2 Å². The van der Waals surface area contributed by atoms with Crippen molar-refractivity contribution in [3.05, 3.63) is 35.9 Å². The standard InChI is InChI=1S/C15H19NO3/c1-3-13(16-15(19)9-11(2)17)10-14(18)12-7-5-4-6-8-12/h4-8,13H,3,9-10H2,1-2H3,(H,16,19). The second kappa shape index (κ2) is 7.46. The number of carbonyl (C=O) groups is 3. The van der Waals surface area contributed by atoms with Gasteiger partial charge in [0.15, 0.2) is 5.78 Å². The minimum atomic E-state index is -0.319. The van der Waals surface area contributed by atoms with Crippen LogP contribution in [0.3, 0.4) is 0 Å². The molecule has 0 aliphatic rings. The van der Waals surface area contributed by atoms with E-state index in [4.69, 9.17) is 0 Å². The van der Waals surface area contributed by atoms with Crippen molar-refractivity contribution < 1.29 is 14.4 Å². The molecule has 0 bridgehead atoms. The Morgan fingerprint density at radius 2 is 1.79 bits per heavy atom. The van der Waals surface area contributed by atoms with Gasteiger partial charge < -0.3 is 5.32 Å². The maximum absolute atomic E-state index is 12.0. The van der Waals surface area contributed by atoms with E-state index in [1.165, 1.54) is 6.92 Å². The Labute approximate surface area is 113 Å². The highest BCUT2D eigenvalue weighted by Crippen LogP contribution is 2.07.